The van der Waals surface area contributed by atoms with E-state index < -0.39 is 9.84 Å². The number of benzene rings is 1. The van der Waals surface area contributed by atoms with Gasteiger partial charge in [0.1, 0.15) is 0 Å². The van der Waals surface area contributed by atoms with Gasteiger partial charge in [-0.2, -0.15) is 0 Å². The summed E-state index contributed by atoms with van der Waals surface area (Å²) in [5.74, 6) is 0.788. The standard InChI is InChI=1S/C18H25N3O2S2/c1-4-19-18(21-14(2)17-6-5-13-24-17)20-12-11-15-7-9-16(10-8-15)25(3,22)23/h5-10,13-14H,4,11-12H2,1-3H3,(H2,19,20,21). The molecule has 5 nitrogen and oxygen atoms in total. The van der Waals surface area contributed by atoms with Crippen LogP contribution in [0.4, 0.5) is 0 Å². The number of thiophene rings is 1. The highest BCUT2D eigenvalue weighted by atomic mass is 32.2. The van der Waals surface area contributed by atoms with Gasteiger partial charge in [0.25, 0.3) is 0 Å². The molecule has 0 aliphatic heterocycles. The fourth-order valence-corrected chi connectivity index (χ4v) is 3.70. The molecule has 0 fully saturated rings. The van der Waals surface area contributed by atoms with Crippen molar-refractivity contribution in [1.82, 2.24) is 10.6 Å². The van der Waals surface area contributed by atoms with Crippen LogP contribution < -0.4 is 10.6 Å². The van der Waals surface area contributed by atoms with Crippen molar-refractivity contribution >= 4 is 27.1 Å². The van der Waals surface area contributed by atoms with Crippen molar-refractivity contribution in [3.05, 3.63) is 52.2 Å². The lowest BCUT2D eigenvalue weighted by Gasteiger charge is -2.16. The summed E-state index contributed by atoms with van der Waals surface area (Å²) in [7, 11) is -3.14. The van der Waals surface area contributed by atoms with Crippen LogP contribution in [0.25, 0.3) is 0 Å². The second-order valence-corrected chi connectivity index (χ2v) is 8.80. The minimum atomic E-state index is -3.14. The molecular formula is C18H25N3O2S2. The lowest BCUT2D eigenvalue weighted by molar-refractivity contribution is 0.602. The summed E-state index contributed by atoms with van der Waals surface area (Å²) < 4.78 is 23.0. The average molecular weight is 380 g/mol. The third-order valence-electron chi connectivity index (χ3n) is 3.69. The Bertz CT molecular complexity index is 782. The van der Waals surface area contributed by atoms with Crippen LogP contribution in [-0.4, -0.2) is 33.7 Å². The highest BCUT2D eigenvalue weighted by Crippen LogP contribution is 2.17. The van der Waals surface area contributed by atoms with Gasteiger partial charge in [-0.05, 0) is 49.4 Å². The molecule has 0 amide bonds. The quantitative estimate of drug-likeness (QED) is 0.573. The predicted molar refractivity (Wildman–Crippen MR) is 105 cm³/mol. The van der Waals surface area contributed by atoms with Crippen LogP contribution in [-0.2, 0) is 16.3 Å². The molecule has 1 aromatic heterocycles. The van der Waals surface area contributed by atoms with Gasteiger partial charge in [-0.3, -0.25) is 4.99 Å². The van der Waals surface area contributed by atoms with Crippen LogP contribution in [0.5, 0.6) is 0 Å². The van der Waals surface area contributed by atoms with Gasteiger partial charge in [0.2, 0.25) is 0 Å². The Hall–Kier alpha value is -1.86. The second-order valence-electron chi connectivity index (χ2n) is 5.81. The fraction of sp³-hybridized carbons (Fsp3) is 0.389. The molecule has 0 radical (unpaired) electrons. The van der Waals surface area contributed by atoms with Gasteiger partial charge >= 0.3 is 0 Å². The third kappa shape index (κ3) is 6.17. The van der Waals surface area contributed by atoms with Crippen molar-refractivity contribution in [1.29, 1.82) is 0 Å². The van der Waals surface area contributed by atoms with Crippen molar-refractivity contribution < 1.29 is 8.42 Å². The number of nitrogens with one attached hydrogen (secondary N) is 2. The zero-order valence-electron chi connectivity index (χ0n) is 14.8. The maximum absolute atomic E-state index is 11.5. The summed E-state index contributed by atoms with van der Waals surface area (Å²) in [6, 6.07) is 11.3. The van der Waals surface area contributed by atoms with E-state index in [9.17, 15) is 8.42 Å². The molecular weight excluding hydrogens is 354 g/mol. The molecule has 2 N–H and O–H groups in total. The molecule has 0 saturated heterocycles. The molecule has 1 unspecified atom stereocenters. The molecule has 2 rings (SSSR count). The van der Waals surface area contributed by atoms with Gasteiger partial charge < -0.3 is 10.6 Å². The molecule has 0 saturated carbocycles. The number of guanidine groups is 1. The summed E-state index contributed by atoms with van der Waals surface area (Å²) in [6.07, 6.45) is 1.98. The monoisotopic (exact) mass is 379 g/mol. The Balaban J connectivity index is 1.94. The number of nitrogens with zero attached hydrogens (tertiary/aromatic N) is 1. The lowest BCUT2D eigenvalue weighted by Crippen LogP contribution is -2.38. The van der Waals surface area contributed by atoms with Gasteiger partial charge in [-0.1, -0.05) is 18.2 Å². The van der Waals surface area contributed by atoms with Crippen LogP contribution in [0.2, 0.25) is 0 Å². The van der Waals surface area contributed by atoms with Gasteiger partial charge in [0.15, 0.2) is 15.8 Å². The summed E-state index contributed by atoms with van der Waals surface area (Å²) in [6.45, 7) is 5.58. The molecule has 0 bridgehead atoms. The van der Waals surface area contributed by atoms with Crippen molar-refractivity contribution in [3.63, 3.8) is 0 Å². The summed E-state index contributed by atoms with van der Waals surface area (Å²) >= 11 is 1.72. The molecule has 1 atom stereocenters. The van der Waals surface area contributed by atoms with Gasteiger partial charge in [-0.15, -0.1) is 11.3 Å². The summed E-state index contributed by atoms with van der Waals surface area (Å²) in [5, 5.41) is 8.73. The topological polar surface area (TPSA) is 70.6 Å². The van der Waals surface area contributed by atoms with E-state index in [1.165, 1.54) is 11.1 Å². The maximum Gasteiger partial charge on any atom is 0.191 e. The van der Waals surface area contributed by atoms with Crippen molar-refractivity contribution in [3.8, 4) is 0 Å². The Morgan fingerprint density at radius 3 is 2.52 bits per heavy atom. The van der Waals surface area contributed by atoms with E-state index in [-0.39, 0.29) is 6.04 Å². The molecule has 136 valence electrons. The van der Waals surface area contributed by atoms with E-state index >= 15 is 0 Å². The molecule has 0 aliphatic rings. The van der Waals surface area contributed by atoms with Crippen LogP contribution in [0, 0.1) is 0 Å². The third-order valence-corrected chi connectivity index (χ3v) is 5.87. The number of rotatable bonds is 7. The van der Waals surface area contributed by atoms with Gasteiger partial charge in [0, 0.05) is 24.2 Å². The largest absolute Gasteiger partial charge is 0.357 e. The number of aliphatic imine (C=N–C) groups is 1. The van der Waals surface area contributed by atoms with Crippen molar-refractivity contribution in [2.75, 3.05) is 19.3 Å². The Labute approximate surface area is 154 Å². The lowest BCUT2D eigenvalue weighted by atomic mass is 10.1. The molecule has 1 heterocycles. The molecule has 0 aliphatic carbocycles. The molecule has 1 aromatic carbocycles. The van der Waals surface area contributed by atoms with E-state index in [1.54, 1.807) is 23.5 Å². The molecule has 2 aromatic rings. The first-order valence-corrected chi connectivity index (χ1v) is 11.0. The van der Waals surface area contributed by atoms with E-state index in [1.807, 2.05) is 25.1 Å². The number of hydrogen-bond donors (Lipinski definition) is 2. The summed E-state index contributed by atoms with van der Waals surface area (Å²) in [4.78, 5) is 6.22. The Morgan fingerprint density at radius 2 is 1.96 bits per heavy atom. The fourth-order valence-electron chi connectivity index (χ4n) is 2.33. The first-order valence-electron chi connectivity index (χ1n) is 8.27. The average Bonchev–Trinajstić information content (AvgIpc) is 3.09. The molecule has 7 heteroatoms. The maximum atomic E-state index is 11.5. The first-order chi connectivity index (χ1) is 11.9. The Kier molecular flexibility index (Phi) is 7.01. The van der Waals surface area contributed by atoms with E-state index in [2.05, 4.69) is 34.0 Å². The molecule has 0 spiro atoms. The summed E-state index contributed by atoms with van der Waals surface area (Å²) in [5.41, 5.74) is 1.07. The number of hydrogen-bond acceptors (Lipinski definition) is 4. The van der Waals surface area contributed by atoms with Crippen molar-refractivity contribution in [2.45, 2.75) is 31.2 Å². The highest BCUT2D eigenvalue weighted by Gasteiger charge is 2.09. The second kappa shape index (κ2) is 9.01. The van der Waals surface area contributed by atoms with Gasteiger partial charge in [0.05, 0.1) is 10.9 Å². The van der Waals surface area contributed by atoms with Crippen LogP contribution in [0.3, 0.4) is 0 Å². The first kappa shape index (κ1) is 19.5. The van der Waals surface area contributed by atoms with Crippen molar-refractivity contribution in [2.24, 2.45) is 4.99 Å². The van der Waals surface area contributed by atoms with Crippen LogP contribution in [0.15, 0.2) is 51.7 Å². The normalized spacial score (nSPS) is 13.5. The zero-order chi connectivity index (χ0) is 18.3. The minimum absolute atomic E-state index is 0.201. The highest BCUT2D eigenvalue weighted by molar-refractivity contribution is 7.90. The van der Waals surface area contributed by atoms with E-state index in [0.29, 0.717) is 11.4 Å². The van der Waals surface area contributed by atoms with Gasteiger partial charge in [-0.25, -0.2) is 8.42 Å². The van der Waals surface area contributed by atoms with Crippen LogP contribution in [0.1, 0.15) is 30.3 Å². The minimum Gasteiger partial charge on any atom is -0.357 e. The number of sulfone groups is 1. The van der Waals surface area contributed by atoms with E-state index in [0.717, 1.165) is 24.5 Å². The zero-order valence-corrected chi connectivity index (χ0v) is 16.5. The van der Waals surface area contributed by atoms with E-state index in [4.69, 9.17) is 0 Å². The predicted octanol–water partition coefficient (Wildman–Crippen LogP) is 3.01. The molecule has 25 heavy (non-hydrogen) atoms. The SMILES string of the molecule is CCNC(=NCCc1ccc(S(C)(=O)=O)cc1)NC(C)c1cccs1. The van der Waals surface area contributed by atoms with Crippen LogP contribution >= 0.6 is 11.3 Å². The Morgan fingerprint density at radius 1 is 1.24 bits per heavy atom. The smallest absolute Gasteiger partial charge is 0.191 e.